The first kappa shape index (κ1) is 16.7. The van der Waals surface area contributed by atoms with Crippen LogP contribution in [0.25, 0.3) is 0 Å². The van der Waals surface area contributed by atoms with Gasteiger partial charge in [0.25, 0.3) is 0 Å². The number of carbonyl (C=O) groups excluding carboxylic acids is 1. The van der Waals surface area contributed by atoms with Crippen LogP contribution in [0.1, 0.15) is 39.0 Å². The molecule has 1 unspecified atom stereocenters. The van der Waals surface area contributed by atoms with Crippen LogP contribution in [0.5, 0.6) is 0 Å². The third-order valence-corrected chi connectivity index (χ3v) is 5.16. The van der Waals surface area contributed by atoms with Crippen molar-refractivity contribution < 1.29 is 9.90 Å². The normalized spacial score (nSPS) is 28.0. The highest BCUT2D eigenvalue weighted by molar-refractivity contribution is 5.83. The summed E-state index contributed by atoms with van der Waals surface area (Å²) in [6, 6.07) is 0.301. The molecule has 2 N–H and O–H groups in total. The summed E-state index contributed by atoms with van der Waals surface area (Å²) in [6.07, 6.45) is 4.98. The summed E-state index contributed by atoms with van der Waals surface area (Å²) >= 11 is 0. The second kappa shape index (κ2) is 7.56. The summed E-state index contributed by atoms with van der Waals surface area (Å²) < 4.78 is 0. The van der Waals surface area contributed by atoms with Gasteiger partial charge in [0, 0.05) is 19.1 Å². The Morgan fingerprint density at radius 3 is 2.67 bits per heavy atom. The molecule has 21 heavy (non-hydrogen) atoms. The lowest BCUT2D eigenvalue weighted by molar-refractivity contribution is -0.145. The quantitative estimate of drug-likeness (QED) is 0.757. The number of aliphatic hydroxyl groups is 1. The van der Waals surface area contributed by atoms with Crippen molar-refractivity contribution in [3.05, 3.63) is 0 Å². The first-order valence-corrected chi connectivity index (χ1v) is 8.44. The largest absolute Gasteiger partial charge is 0.395 e. The van der Waals surface area contributed by atoms with Gasteiger partial charge in [-0.2, -0.15) is 0 Å². The molecule has 5 heteroatoms. The van der Waals surface area contributed by atoms with Crippen LogP contribution in [-0.4, -0.2) is 73.2 Å². The van der Waals surface area contributed by atoms with Crippen molar-refractivity contribution in [2.24, 2.45) is 5.41 Å². The average Bonchev–Trinajstić information content (AvgIpc) is 2.95. The van der Waals surface area contributed by atoms with Crippen LogP contribution >= 0.6 is 0 Å². The highest BCUT2D eigenvalue weighted by Gasteiger charge is 2.44. The molecule has 0 aliphatic carbocycles. The first-order valence-electron chi connectivity index (χ1n) is 8.44. The fourth-order valence-electron chi connectivity index (χ4n) is 3.89. The molecular formula is C16H31N3O2. The van der Waals surface area contributed by atoms with Gasteiger partial charge in [0.2, 0.25) is 5.91 Å². The summed E-state index contributed by atoms with van der Waals surface area (Å²) in [4.78, 5) is 17.5. The summed E-state index contributed by atoms with van der Waals surface area (Å²) in [7, 11) is 2.13. The Kier molecular flexibility index (Phi) is 6.02. The Hall–Kier alpha value is -0.650. The molecule has 0 spiro atoms. The summed E-state index contributed by atoms with van der Waals surface area (Å²) in [6.45, 7) is 6.52. The maximum Gasteiger partial charge on any atom is 0.230 e. The number of hydrogen-bond acceptors (Lipinski definition) is 4. The molecule has 122 valence electrons. The van der Waals surface area contributed by atoms with Crippen molar-refractivity contribution in [2.75, 3.05) is 46.4 Å². The Balaban J connectivity index is 2.10. The summed E-state index contributed by atoms with van der Waals surface area (Å²) in [5, 5.41) is 12.8. The fourth-order valence-corrected chi connectivity index (χ4v) is 3.89. The van der Waals surface area contributed by atoms with Gasteiger partial charge in [0.05, 0.1) is 12.0 Å². The van der Waals surface area contributed by atoms with Gasteiger partial charge in [-0.05, 0) is 52.4 Å². The van der Waals surface area contributed by atoms with Gasteiger partial charge in [0.1, 0.15) is 0 Å². The van der Waals surface area contributed by atoms with Crippen molar-refractivity contribution in [3.8, 4) is 0 Å². The third kappa shape index (κ3) is 3.76. The smallest absolute Gasteiger partial charge is 0.230 e. The highest BCUT2D eigenvalue weighted by atomic mass is 16.3. The zero-order valence-electron chi connectivity index (χ0n) is 13.6. The van der Waals surface area contributed by atoms with E-state index in [0.717, 1.165) is 58.3 Å². The van der Waals surface area contributed by atoms with Gasteiger partial charge in [-0.25, -0.2) is 0 Å². The van der Waals surface area contributed by atoms with Gasteiger partial charge in [-0.1, -0.05) is 13.3 Å². The second-order valence-corrected chi connectivity index (χ2v) is 6.71. The van der Waals surface area contributed by atoms with Crippen LogP contribution in [0.3, 0.4) is 0 Å². The number of amides is 1. The SMILES string of the molecule is CCCC1(C(=O)N(CCO)C2CCN(C)CC2)CCNC1. The number of piperidine rings is 1. The number of aliphatic hydroxyl groups excluding tert-OH is 1. The molecule has 0 radical (unpaired) electrons. The fraction of sp³-hybridized carbons (Fsp3) is 0.938. The lowest BCUT2D eigenvalue weighted by Gasteiger charge is -2.41. The van der Waals surface area contributed by atoms with Crippen molar-refractivity contribution in [3.63, 3.8) is 0 Å². The van der Waals surface area contributed by atoms with Crippen LogP contribution in [0.15, 0.2) is 0 Å². The van der Waals surface area contributed by atoms with Crippen LogP contribution in [-0.2, 0) is 4.79 Å². The number of hydrogen-bond donors (Lipinski definition) is 2. The molecule has 0 bridgehead atoms. The van der Waals surface area contributed by atoms with E-state index in [2.05, 4.69) is 24.2 Å². The van der Waals surface area contributed by atoms with E-state index >= 15 is 0 Å². The Labute approximate surface area is 128 Å². The van der Waals surface area contributed by atoms with E-state index in [1.54, 1.807) is 0 Å². The molecule has 2 heterocycles. The van der Waals surface area contributed by atoms with Gasteiger partial charge < -0.3 is 20.2 Å². The molecule has 0 aromatic carbocycles. The van der Waals surface area contributed by atoms with Crippen LogP contribution in [0.4, 0.5) is 0 Å². The molecular weight excluding hydrogens is 266 g/mol. The third-order valence-electron chi connectivity index (χ3n) is 5.16. The maximum atomic E-state index is 13.2. The minimum atomic E-state index is -0.229. The summed E-state index contributed by atoms with van der Waals surface area (Å²) in [5.74, 6) is 0.276. The number of likely N-dealkylation sites (tertiary alicyclic amines) is 1. The van der Waals surface area contributed by atoms with Crippen molar-refractivity contribution >= 4 is 5.91 Å². The Bertz CT molecular complexity index is 334. The van der Waals surface area contributed by atoms with Gasteiger partial charge in [0.15, 0.2) is 0 Å². The molecule has 2 aliphatic heterocycles. The monoisotopic (exact) mass is 297 g/mol. The van der Waals surface area contributed by atoms with E-state index in [0.29, 0.717) is 12.6 Å². The molecule has 2 saturated heterocycles. The molecule has 2 rings (SSSR count). The lowest BCUT2D eigenvalue weighted by Crippen LogP contribution is -2.53. The number of nitrogens with one attached hydrogen (secondary N) is 1. The van der Waals surface area contributed by atoms with E-state index in [1.807, 2.05) is 4.90 Å². The summed E-state index contributed by atoms with van der Waals surface area (Å²) in [5.41, 5.74) is -0.229. The molecule has 1 atom stereocenters. The molecule has 2 aliphatic rings. The van der Waals surface area contributed by atoms with Crippen molar-refractivity contribution in [1.82, 2.24) is 15.1 Å². The topological polar surface area (TPSA) is 55.8 Å². The zero-order valence-corrected chi connectivity index (χ0v) is 13.6. The van der Waals surface area contributed by atoms with E-state index in [-0.39, 0.29) is 17.9 Å². The predicted molar refractivity (Wildman–Crippen MR) is 84.1 cm³/mol. The number of carbonyl (C=O) groups is 1. The van der Waals surface area contributed by atoms with Crippen LogP contribution in [0.2, 0.25) is 0 Å². The molecule has 0 aromatic heterocycles. The van der Waals surface area contributed by atoms with Gasteiger partial charge in [-0.15, -0.1) is 0 Å². The van der Waals surface area contributed by atoms with Gasteiger partial charge >= 0.3 is 0 Å². The van der Waals surface area contributed by atoms with Crippen molar-refractivity contribution in [2.45, 2.75) is 45.1 Å². The molecule has 0 aromatic rings. The van der Waals surface area contributed by atoms with Gasteiger partial charge in [-0.3, -0.25) is 4.79 Å². The van der Waals surface area contributed by atoms with Crippen LogP contribution in [0, 0.1) is 5.41 Å². The van der Waals surface area contributed by atoms with E-state index in [1.165, 1.54) is 0 Å². The van der Waals surface area contributed by atoms with E-state index in [4.69, 9.17) is 0 Å². The number of nitrogens with zero attached hydrogens (tertiary/aromatic N) is 2. The second-order valence-electron chi connectivity index (χ2n) is 6.71. The zero-order chi connectivity index (χ0) is 15.3. The molecule has 5 nitrogen and oxygen atoms in total. The Morgan fingerprint density at radius 1 is 1.43 bits per heavy atom. The first-order chi connectivity index (χ1) is 10.1. The molecule has 0 saturated carbocycles. The molecule has 2 fully saturated rings. The lowest BCUT2D eigenvalue weighted by atomic mass is 9.80. The Morgan fingerprint density at radius 2 is 2.14 bits per heavy atom. The van der Waals surface area contributed by atoms with E-state index in [9.17, 15) is 9.90 Å². The minimum Gasteiger partial charge on any atom is -0.395 e. The van der Waals surface area contributed by atoms with E-state index < -0.39 is 0 Å². The number of rotatable bonds is 6. The minimum absolute atomic E-state index is 0.0632. The van der Waals surface area contributed by atoms with Crippen LogP contribution < -0.4 is 5.32 Å². The van der Waals surface area contributed by atoms with Crippen molar-refractivity contribution in [1.29, 1.82) is 0 Å². The predicted octanol–water partition coefficient (Wildman–Crippen LogP) is 0.681. The molecule has 1 amide bonds. The average molecular weight is 297 g/mol. The standard InChI is InChI=1S/C16H31N3O2/c1-3-6-16(7-8-17-13-16)15(21)19(11-12-20)14-4-9-18(2)10-5-14/h14,17,20H,3-13H2,1-2H3. The maximum absolute atomic E-state index is 13.2. The highest BCUT2D eigenvalue weighted by Crippen LogP contribution is 2.34.